The van der Waals surface area contributed by atoms with Crippen molar-refractivity contribution < 1.29 is 0 Å². The number of nitrogens with zero attached hydrogens (tertiary/aromatic N) is 1. The fourth-order valence-electron chi connectivity index (χ4n) is 3.26. The van der Waals surface area contributed by atoms with Gasteiger partial charge in [-0.05, 0) is 63.6 Å². The molecule has 2 fully saturated rings. The van der Waals surface area contributed by atoms with Crippen LogP contribution in [0.2, 0.25) is 0 Å². The third kappa shape index (κ3) is 5.83. The van der Waals surface area contributed by atoms with Gasteiger partial charge in [0.1, 0.15) is 0 Å². The normalized spacial score (nSPS) is 23.7. The lowest BCUT2D eigenvalue weighted by Gasteiger charge is -2.34. The molecule has 0 amide bonds. The second kappa shape index (κ2) is 8.26. The van der Waals surface area contributed by atoms with E-state index in [1.165, 1.54) is 77.5 Å². The third-order valence-corrected chi connectivity index (χ3v) is 5.04. The van der Waals surface area contributed by atoms with Gasteiger partial charge in [-0.1, -0.05) is 33.1 Å². The van der Waals surface area contributed by atoms with E-state index in [1.807, 2.05) is 0 Å². The van der Waals surface area contributed by atoms with Crippen molar-refractivity contribution in [3.63, 3.8) is 0 Å². The van der Waals surface area contributed by atoms with Crippen molar-refractivity contribution in [1.82, 2.24) is 10.2 Å². The van der Waals surface area contributed by atoms with Gasteiger partial charge in [-0.15, -0.1) is 0 Å². The highest BCUT2D eigenvalue weighted by Crippen LogP contribution is 2.28. The van der Waals surface area contributed by atoms with Crippen LogP contribution in [0.5, 0.6) is 0 Å². The third-order valence-electron chi connectivity index (χ3n) is 5.04. The maximum absolute atomic E-state index is 3.78. The molecule has 2 rings (SSSR count). The Morgan fingerprint density at radius 2 is 1.84 bits per heavy atom. The summed E-state index contributed by atoms with van der Waals surface area (Å²) < 4.78 is 0. The fraction of sp³-hybridized carbons (Fsp3) is 1.00. The van der Waals surface area contributed by atoms with Crippen LogP contribution in [0.1, 0.15) is 65.2 Å². The second-order valence-corrected chi connectivity index (χ2v) is 6.84. The molecule has 2 heteroatoms. The first-order chi connectivity index (χ1) is 9.31. The van der Waals surface area contributed by atoms with Crippen LogP contribution in [0.25, 0.3) is 0 Å². The molecule has 1 atom stereocenters. The van der Waals surface area contributed by atoms with Gasteiger partial charge in [0.25, 0.3) is 0 Å². The van der Waals surface area contributed by atoms with Crippen LogP contribution < -0.4 is 5.32 Å². The number of likely N-dealkylation sites (tertiary alicyclic amines) is 1. The van der Waals surface area contributed by atoms with Gasteiger partial charge < -0.3 is 10.2 Å². The van der Waals surface area contributed by atoms with E-state index in [2.05, 4.69) is 24.1 Å². The molecule has 0 aromatic rings. The van der Waals surface area contributed by atoms with Crippen molar-refractivity contribution in [3.8, 4) is 0 Å². The minimum absolute atomic E-state index is 0.813. The minimum Gasteiger partial charge on any atom is -0.314 e. The monoisotopic (exact) mass is 266 g/mol. The van der Waals surface area contributed by atoms with Gasteiger partial charge in [0.2, 0.25) is 0 Å². The summed E-state index contributed by atoms with van der Waals surface area (Å²) in [5.41, 5.74) is 0. The van der Waals surface area contributed by atoms with Gasteiger partial charge in [0.15, 0.2) is 0 Å². The van der Waals surface area contributed by atoms with E-state index in [4.69, 9.17) is 0 Å². The molecule has 1 unspecified atom stereocenters. The maximum atomic E-state index is 3.78. The number of rotatable bonds is 9. The van der Waals surface area contributed by atoms with Gasteiger partial charge in [0.05, 0.1) is 0 Å². The first kappa shape index (κ1) is 15.3. The van der Waals surface area contributed by atoms with Gasteiger partial charge >= 0.3 is 0 Å². The topological polar surface area (TPSA) is 15.3 Å². The van der Waals surface area contributed by atoms with Gasteiger partial charge in [-0.3, -0.25) is 0 Å². The molecule has 1 saturated heterocycles. The average Bonchev–Trinajstić information content (AvgIpc) is 3.26. The summed E-state index contributed by atoms with van der Waals surface area (Å²) in [5.74, 6) is 1.97. The van der Waals surface area contributed by atoms with E-state index in [-0.39, 0.29) is 0 Å². The summed E-state index contributed by atoms with van der Waals surface area (Å²) in [6, 6.07) is 0.813. The maximum Gasteiger partial charge on any atom is 0.00915 e. The molecule has 19 heavy (non-hydrogen) atoms. The lowest BCUT2D eigenvalue weighted by Crippen LogP contribution is -2.44. The molecule has 0 aromatic carbocycles. The summed E-state index contributed by atoms with van der Waals surface area (Å²) in [6.45, 7) is 9.97. The molecule has 0 aromatic heterocycles. The highest BCUT2D eigenvalue weighted by molar-refractivity contribution is 4.82. The Labute approximate surface area is 120 Å². The van der Waals surface area contributed by atoms with Crippen LogP contribution in [0.15, 0.2) is 0 Å². The van der Waals surface area contributed by atoms with Crippen molar-refractivity contribution in [3.05, 3.63) is 0 Å². The fourth-order valence-corrected chi connectivity index (χ4v) is 3.26. The van der Waals surface area contributed by atoms with Crippen molar-refractivity contribution in [2.24, 2.45) is 11.8 Å². The summed E-state index contributed by atoms with van der Waals surface area (Å²) >= 11 is 0. The molecule has 0 radical (unpaired) electrons. The Balaban J connectivity index is 1.58. The van der Waals surface area contributed by atoms with E-state index in [0.29, 0.717) is 0 Å². The van der Waals surface area contributed by atoms with Crippen molar-refractivity contribution in [2.75, 3.05) is 26.2 Å². The van der Waals surface area contributed by atoms with E-state index < -0.39 is 0 Å². The molecular weight excluding hydrogens is 232 g/mol. The molecule has 0 spiro atoms. The first-order valence-electron chi connectivity index (χ1n) is 8.77. The SMILES string of the molecule is CCCCC(CC)CN1CCC(NCC2CC2)CC1. The van der Waals surface area contributed by atoms with Crippen LogP contribution in [0, 0.1) is 11.8 Å². The molecule has 2 nitrogen and oxygen atoms in total. The number of unbranched alkanes of at least 4 members (excludes halogenated alkanes) is 1. The zero-order valence-corrected chi connectivity index (χ0v) is 13.2. The van der Waals surface area contributed by atoms with Crippen LogP contribution in [-0.4, -0.2) is 37.1 Å². The smallest absolute Gasteiger partial charge is 0.00915 e. The second-order valence-electron chi connectivity index (χ2n) is 6.84. The first-order valence-corrected chi connectivity index (χ1v) is 8.77. The zero-order chi connectivity index (χ0) is 13.5. The molecule has 1 heterocycles. The predicted molar refractivity (Wildman–Crippen MR) is 83.5 cm³/mol. The number of hydrogen-bond donors (Lipinski definition) is 1. The van der Waals surface area contributed by atoms with Crippen LogP contribution in [0.3, 0.4) is 0 Å². The van der Waals surface area contributed by atoms with Gasteiger partial charge in [0, 0.05) is 12.6 Å². The quantitative estimate of drug-likeness (QED) is 0.685. The van der Waals surface area contributed by atoms with E-state index in [0.717, 1.165) is 17.9 Å². The van der Waals surface area contributed by atoms with E-state index in [1.54, 1.807) is 0 Å². The molecule has 1 aliphatic carbocycles. The van der Waals surface area contributed by atoms with Crippen molar-refractivity contribution in [1.29, 1.82) is 0 Å². The molecular formula is C17H34N2. The Bertz CT molecular complexity index is 229. The Morgan fingerprint density at radius 1 is 1.11 bits per heavy atom. The summed E-state index contributed by atoms with van der Waals surface area (Å²) in [4.78, 5) is 2.72. The highest BCUT2D eigenvalue weighted by Gasteiger charge is 2.24. The van der Waals surface area contributed by atoms with E-state index >= 15 is 0 Å². The van der Waals surface area contributed by atoms with Crippen molar-refractivity contribution >= 4 is 0 Å². The lowest BCUT2D eigenvalue weighted by molar-refractivity contribution is 0.165. The summed E-state index contributed by atoms with van der Waals surface area (Å²) in [5, 5.41) is 3.78. The van der Waals surface area contributed by atoms with Crippen LogP contribution in [-0.2, 0) is 0 Å². The van der Waals surface area contributed by atoms with Crippen LogP contribution >= 0.6 is 0 Å². The summed E-state index contributed by atoms with van der Waals surface area (Å²) in [7, 11) is 0. The molecule has 0 bridgehead atoms. The molecule has 2 aliphatic rings. The molecule has 1 aliphatic heterocycles. The highest BCUT2D eigenvalue weighted by atomic mass is 15.1. The molecule has 1 N–H and O–H groups in total. The largest absolute Gasteiger partial charge is 0.314 e. The van der Waals surface area contributed by atoms with Gasteiger partial charge in [-0.25, -0.2) is 0 Å². The number of nitrogens with one attached hydrogen (secondary N) is 1. The van der Waals surface area contributed by atoms with Crippen molar-refractivity contribution in [2.45, 2.75) is 71.3 Å². The molecule has 1 saturated carbocycles. The number of piperidine rings is 1. The van der Waals surface area contributed by atoms with Crippen LogP contribution in [0.4, 0.5) is 0 Å². The Morgan fingerprint density at radius 3 is 2.42 bits per heavy atom. The zero-order valence-electron chi connectivity index (χ0n) is 13.2. The standard InChI is InChI=1S/C17H34N2/c1-3-5-6-15(4-2)14-19-11-9-17(10-12-19)18-13-16-7-8-16/h15-18H,3-14H2,1-2H3. The Kier molecular flexibility index (Phi) is 6.66. The summed E-state index contributed by atoms with van der Waals surface area (Å²) in [6.07, 6.45) is 11.3. The Hall–Kier alpha value is -0.0800. The minimum atomic E-state index is 0.813. The molecule has 112 valence electrons. The number of hydrogen-bond acceptors (Lipinski definition) is 2. The van der Waals surface area contributed by atoms with Gasteiger partial charge in [-0.2, -0.15) is 0 Å². The average molecular weight is 266 g/mol. The predicted octanol–water partition coefficient (Wildman–Crippen LogP) is 3.67. The lowest BCUT2D eigenvalue weighted by atomic mass is 9.97. The van der Waals surface area contributed by atoms with E-state index in [9.17, 15) is 0 Å².